The summed E-state index contributed by atoms with van der Waals surface area (Å²) in [6.45, 7) is 0.413. The van der Waals surface area contributed by atoms with Gasteiger partial charge >= 0.3 is 0 Å². The largest absolute Gasteiger partial charge is 0.484 e. The van der Waals surface area contributed by atoms with Crippen LogP contribution in [0.3, 0.4) is 0 Å². The number of para-hydroxylation sites is 1. The summed E-state index contributed by atoms with van der Waals surface area (Å²) >= 11 is 0. The van der Waals surface area contributed by atoms with Gasteiger partial charge in [0.25, 0.3) is 5.91 Å². The summed E-state index contributed by atoms with van der Waals surface area (Å²) in [5.41, 5.74) is 3.72. The van der Waals surface area contributed by atoms with Crippen LogP contribution in [0, 0.1) is 0 Å². The van der Waals surface area contributed by atoms with E-state index >= 15 is 0 Å². The maximum absolute atomic E-state index is 13.0. The Morgan fingerprint density at radius 2 is 1.66 bits per heavy atom. The summed E-state index contributed by atoms with van der Waals surface area (Å²) < 4.78 is 5.80. The molecular weight excluding hydrogens is 364 g/mol. The van der Waals surface area contributed by atoms with Crippen molar-refractivity contribution in [3.63, 3.8) is 0 Å². The van der Waals surface area contributed by atoms with Crippen molar-refractivity contribution in [2.45, 2.75) is 19.4 Å². The van der Waals surface area contributed by atoms with Crippen molar-refractivity contribution in [1.29, 1.82) is 0 Å². The molecule has 1 aliphatic rings. The topological polar surface area (TPSA) is 58.6 Å². The minimum Gasteiger partial charge on any atom is -0.484 e. The highest BCUT2D eigenvalue weighted by Gasteiger charge is 2.18. The van der Waals surface area contributed by atoms with E-state index in [0.717, 1.165) is 22.5 Å². The Bertz CT molecular complexity index is 1000. The van der Waals surface area contributed by atoms with E-state index in [1.807, 2.05) is 72.8 Å². The van der Waals surface area contributed by atoms with Crippen LogP contribution in [0.4, 0.5) is 11.4 Å². The van der Waals surface area contributed by atoms with E-state index in [2.05, 4.69) is 5.32 Å². The quantitative estimate of drug-likeness (QED) is 0.691. The molecule has 1 heterocycles. The maximum atomic E-state index is 13.0. The van der Waals surface area contributed by atoms with Gasteiger partial charge in [0.2, 0.25) is 5.91 Å². The highest BCUT2D eigenvalue weighted by atomic mass is 16.5. The SMILES string of the molecule is O=C1CCc2cc(OCC(=O)N(Cc3ccccc3)c3ccccc3)ccc2N1. The van der Waals surface area contributed by atoms with Crippen molar-refractivity contribution in [2.75, 3.05) is 16.8 Å². The summed E-state index contributed by atoms with van der Waals surface area (Å²) in [5, 5.41) is 2.85. The molecule has 5 nitrogen and oxygen atoms in total. The van der Waals surface area contributed by atoms with Crippen LogP contribution in [0.2, 0.25) is 0 Å². The third kappa shape index (κ3) is 4.63. The van der Waals surface area contributed by atoms with Crippen LogP contribution in [-0.2, 0) is 22.6 Å². The van der Waals surface area contributed by atoms with Crippen molar-refractivity contribution in [2.24, 2.45) is 0 Å². The Labute approximate surface area is 169 Å². The zero-order valence-electron chi connectivity index (χ0n) is 16.0. The van der Waals surface area contributed by atoms with Crippen molar-refractivity contribution < 1.29 is 14.3 Å². The Morgan fingerprint density at radius 1 is 0.931 bits per heavy atom. The lowest BCUT2D eigenvalue weighted by atomic mass is 10.0. The lowest BCUT2D eigenvalue weighted by molar-refractivity contribution is -0.120. The van der Waals surface area contributed by atoms with Gasteiger partial charge in [0.15, 0.2) is 6.61 Å². The van der Waals surface area contributed by atoms with Gasteiger partial charge in [-0.1, -0.05) is 48.5 Å². The van der Waals surface area contributed by atoms with Crippen LogP contribution in [0.15, 0.2) is 78.9 Å². The van der Waals surface area contributed by atoms with Gasteiger partial charge in [0.1, 0.15) is 5.75 Å². The molecule has 0 saturated carbocycles. The molecule has 0 atom stereocenters. The summed E-state index contributed by atoms with van der Waals surface area (Å²) in [5.74, 6) is 0.535. The van der Waals surface area contributed by atoms with Gasteiger partial charge in [-0.2, -0.15) is 0 Å². The minimum absolute atomic E-state index is 0.0285. The Morgan fingerprint density at radius 3 is 2.41 bits per heavy atom. The van der Waals surface area contributed by atoms with Crippen LogP contribution >= 0.6 is 0 Å². The fourth-order valence-corrected chi connectivity index (χ4v) is 3.37. The van der Waals surface area contributed by atoms with Crippen LogP contribution in [0.25, 0.3) is 0 Å². The number of hydrogen-bond donors (Lipinski definition) is 1. The van der Waals surface area contributed by atoms with E-state index in [1.54, 1.807) is 11.0 Å². The van der Waals surface area contributed by atoms with Gasteiger partial charge in [-0.15, -0.1) is 0 Å². The van der Waals surface area contributed by atoms with Crippen LogP contribution < -0.4 is 15.0 Å². The first kappa shape index (κ1) is 18.7. The van der Waals surface area contributed by atoms with E-state index < -0.39 is 0 Å². The lowest BCUT2D eigenvalue weighted by Crippen LogP contribution is -2.34. The molecular formula is C24H22N2O3. The molecule has 0 fully saturated rings. The molecule has 4 rings (SSSR count). The van der Waals surface area contributed by atoms with Crippen LogP contribution in [0.5, 0.6) is 5.75 Å². The normalized spacial score (nSPS) is 12.6. The molecule has 0 saturated heterocycles. The molecule has 2 amide bonds. The van der Waals surface area contributed by atoms with Crippen LogP contribution in [0.1, 0.15) is 17.5 Å². The van der Waals surface area contributed by atoms with Gasteiger partial charge in [-0.3, -0.25) is 9.59 Å². The smallest absolute Gasteiger partial charge is 0.265 e. The highest BCUT2D eigenvalue weighted by Crippen LogP contribution is 2.27. The monoisotopic (exact) mass is 386 g/mol. The molecule has 0 radical (unpaired) electrons. The second-order valence-electron chi connectivity index (χ2n) is 6.96. The molecule has 3 aromatic rings. The summed E-state index contributed by atoms with van der Waals surface area (Å²) in [7, 11) is 0. The number of nitrogens with zero attached hydrogens (tertiary/aromatic N) is 1. The number of anilines is 2. The molecule has 146 valence electrons. The summed E-state index contributed by atoms with van der Waals surface area (Å²) in [6.07, 6.45) is 1.14. The average molecular weight is 386 g/mol. The number of fused-ring (bicyclic) bond motifs is 1. The highest BCUT2D eigenvalue weighted by molar-refractivity contribution is 5.95. The number of benzene rings is 3. The van der Waals surface area contributed by atoms with E-state index in [9.17, 15) is 9.59 Å². The number of carbonyl (C=O) groups is 2. The second kappa shape index (κ2) is 8.61. The average Bonchev–Trinajstić information content (AvgIpc) is 2.77. The number of carbonyl (C=O) groups excluding carboxylic acids is 2. The van der Waals surface area contributed by atoms with Gasteiger partial charge < -0.3 is 15.0 Å². The Balaban J connectivity index is 1.47. The van der Waals surface area contributed by atoms with Crippen molar-refractivity contribution in [3.8, 4) is 5.75 Å². The minimum atomic E-state index is -0.119. The van der Waals surface area contributed by atoms with E-state index in [4.69, 9.17) is 4.74 Å². The Hall–Kier alpha value is -3.60. The number of nitrogens with one attached hydrogen (secondary N) is 1. The molecule has 1 N–H and O–H groups in total. The molecule has 0 spiro atoms. The number of rotatable bonds is 6. The molecule has 3 aromatic carbocycles. The summed E-state index contributed by atoms with van der Waals surface area (Å²) in [4.78, 5) is 26.2. The molecule has 0 aliphatic carbocycles. The number of amides is 2. The standard InChI is InChI=1S/C24H22N2O3/c27-23-14-11-19-15-21(12-13-22(19)25-23)29-17-24(28)26(20-9-5-2-6-10-20)16-18-7-3-1-4-8-18/h1-10,12-13,15H,11,14,16-17H2,(H,25,27). The maximum Gasteiger partial charge on any atom is 0.265 e. The predicted molar refractivity (Wildman–Crippen MR) is 113 cm³/mol. The van der Waals surface area contributed by atoms with Gasteiger partial charge in [0, 0.05) is 17.8 Å². The zero-order chi connectivity index (χ0) is 20.1. The number of ether oxygens (including phenoxy) is 1. The van der Waals surface area contributed by atoms with Crippen molar-refractivity contribution in [3.05, 3.63) is 90.0 Å². The molecule has 1 aliphatic heterocycles. The molecule has 0 bridgehead atoms. The summed E-state index contributed by atoms with van der Waals surface area (Å²) in [6, 6.07) is 25.0. The third-order valence-electron chi connectivity index (χ3n) is 4.89. The fourth-order valence-electron chi connectivity index (χ4n) is 3.37. The molecule has 0 aromatic heterocycles. The van der Waals surface area contributed by atoms with Crippen molar-refractivity contribution >= 4 is 23.2 Å². The third-order valence-corrected chi connectivity index (χ3v) is 4.89. The second-order valence-corrected chi connectivity index (χ2v) is 6.96. The first-order valence-electron chi connectivity index (χ1n) is 9.64. The van der Waals surface area contributed by atoms with E-state index in [-0.39, 0.29) is 18.4 Å². The van der Waals surface area contributed by atoms with Gasteiger partial charge in [-0.05, 0) is 47.9 Å². The molecule has 29 heavy (non-hydrogen) atoms. The number of aryl methyl sites for hydroxylation is 1. The number of hydrogen-bond acceptors (Lipinski definition) is 3. The Kier molecular flexibility index (Phi) is 5.56. The molecule has 0 unspecified atom stereocenters. The fraction of sp³-hybridized carbons (Fsp3) is 0.167. The van der Waals surface area contributed by atoms with Crippen LogP contribution in [-0.4, -0.2) is 18.4 Å². The van der Waals surface area contributed by atoms with E-state index in [1.165, 1.54) is 0 Å². The molecule has 5 heteroatoms. The van der Waals surface area contributed by atoms with Gasteiger partial charge in [0.05, 0.1) is 6.54 Å². The van der Waals surface area contributed by atoms with E-state index in [0.29, 0.717) is 25.1 Å². The first-order valence-corrected chi connectivity index (χ1v) is 9.64. The lowest BCUT2D eigenvalue weighted by Gasteiger charge is -2.23. The predicted octanol–water partition coefficient (Wildman–Crippen LogP) is 4.18. The van der Waals surface area contributed by atoms with Gasteiger partial charge in [-0.25, -0.2) is 0 Å². The zero-order valence-corrected chi connectivity index (χ0v) is 16.0. The first-order chi connectivity index (χ1) is 14.2. The van der Waals surface area contributed by atoms with Crippen molar-refractivity contribution in [1.82, 2.24) is 0 Å².